The second-order valence-electron chi connectivity index (χ2n) is 8.33. The molecule has 12 heteroatoms. The molecule has 0 saturated heterocycles. The van der Waals surface area contributed by atoms with Gasteiger partial charge in [-0.05, 0) is 55.7 Å². The summed E-state index contributed by atoms with van der Waals surface area (Å²) in [5.74, 6) is -0.423. The first-order chi connectivity index (χ1) is 17.1. The number of primary sulfonamides is 1. The Morgan fingerprint density at radius 2 is 1.89 bits per heavy atom. The number of hydrogen-bond acceptors (Lipinski definition) is 8. The molecule has 0 amide bonds. The van der Waals surface area contributed by atoms with Crippen molar-refractivity contribution >= 4 is 34.0 Å². The third-order valence-corrected chi connectivity index (χ3v) is 7.32. The molecule has 0 fully saturated rings. The van der Waals surface area contributed by atoms with Gasteiger partial charge < -0.3 is 15.6 Å². The molecule has 0 radical (unpaired) electrons. The molecule has 1 unspecified atom stereocenters. The van der Waals surface area contributed by atoms with Gasteiger partial charge in [-0.3, -0.25) is 9.59 Å². The predicted molar refractivity (Wildman–Crippen MR) is 134 cm³/mol. The number of ether oxygens (including phenoxy) is 1. The van der Waals surface area contributed by atoms with Gasteiger partial charge in [-0.15, -0.1) is 0 Å². The Hall–Kier alpha value is -3.58. The molecule has 1 aliphatic heterocycles. The van der Waals surface area contributed by atoms with Crippen molar-refractivity contribution < 1.29 is 32.3 Å². The number of nitrogens with zero attached hydrogens (tertiary/aromatic N) is 2. The van der Waals surface area contributed by atoms with Gasteiger partial charge in [0.1, 0.15) is 11.8 Å². The lowest BCUT2D eigenvalue weighted by Crippen LogP contribution is -2.69. The lowest BCUT2D eigenvalue weighted by atomic mass is 9.98. The largest absolute Gasteiger partial charge is 0.480 e. The van der Waals surface area contributed by atoms with Gasteiger partial charge in [0.2, 0.25) is 10.0 Å². The number of hydrogen-bond donors (Lipinski definition) is 4. The highest BCUT2D eigenvalue weighted by Gasteiger charge is 2.45. The molecule has 1 heterocycles. The number of benzene rings is 2. The Kier molecular flexibility index (Phi) is 8.25. The zero-order valence-corrected chi connectivity index (χ0v) is 20.8. The van der Waals surface area contributed by atoms with Crippen molar-refractivity contribution in [1.82, 2.24) is 5.32 Å². The van der Waals surface area contributed by atoms with Gasteiger partial charge in [0.25, 0.3) is 6.47 Å². The predicted octanol–water partition coefficient (Wildman–Crippen LogP) is 1.01. The molecule has 0 aliphatic carbocycles. The van der Waals surface area contributed by atoms with E-state index in [2.05, 4.69) is 10.3 Å². The topological polar surface area (TPSA) is 174 Å². The van der Waals surface area contributed by atoms with Crippen LogP contribution in [0.1, 0.15) is 25.0 Å². The SMILES string of the molecule is CC[N+]1(CC)C(N)=NC=C(c2cccc(S(N)(=O)=O)c2)C1N[C@@H](Cc1ccc(OC=O)cc1)C(=O)O. The number of nitrogens with one attached hydrogen (secondary N) is 1. The molecule has 1 aliphatic rings. The Morgan fingerprint density at radius 1 is 1.22 bits per heavy atom. The third-order valence-electron chi connectivity index (χ3n) is 6.41. The third kappa shape index (κ3) is 5.62. The molecule has 2 atom stereocenters. The second kappa shape index (κ2) is 11.0. The molecule has 3 rings (SSSR count). The first kappa shape index (κ1) is 27.0. The van der Waals surface area contributed by atoms with E-state index in [1.807, 2.05) is 13.8 Å². The van der Waals surface area contributed by atoms with Crippen LogP contribution in [0.15, 0.2) is 64.6 Å². The van der Waals surface area contributed by atoms with Crippen molar-refractivity contribution in [2.75, 3.05) is 13.1 Å². The summed E-state index contributed by atoms with van der Waals surface area (Å²) < 4.78 is 28.8. The van der Waals surface area contributed by atoms with Crippen LogP contribution in [0, 0.1) is 0 Å². The smallest absolute Gasteiger partial charge is 0.321 e. The maximum atomic E-state index is 12.3. The Labute approximate surface area is 209 Å². The highest BCUT2D eigenvalue weighted by molar-refractivity contribution is 7.89. The summed E-state index contributed by atoms with van der Waals surface area (Å²) >= 11 is 0. The van der Waals surface area contributed by atoms with E-state index in [1.165, 1.54) is 18.3 Å². The number of aliphatic imine (C=N–C) groups is 1. The molecule has 0 saturated carbocycles. The average Bonchev–Trinajstić information content (AvgIpc) is 2.85. The van der Waals surface area contributed by atoms with E-state index in [4.69, 9.17) is 15.6 Å². The van der Waals surface area contributed by atoms with Crippen molar-refractivity contribution in [3.05, 3.63) is 65.9 Å². The second-order valence-corrected chi connectivity index (χ2v) is 9.89. The molecule has 0 spiro atoms. The maximum absolute atomic E-state index is 12.3. The van der Waals surface area contributed by atoms with Crippen LogP contribution in [0.5, 0.6) is 5.75 Å². The zero-order chi connectivity index (χ0) is 26.5. The monoisotopic (exact) mass is 516 g/mol. The van der Waals surface area contributed by atoms with E-state index in [-0.39, 0.29) is 15.8 Å². The molecular weight excluding hydrogens is 486 g/mol. The number of guanidine groups is 1. The molecule has 2 aromatic rings. The minimum absolute atomic E-state index is 0.0688. The first-order valence-corrected chi connectivity index (χ1v) is 12.8. The fraction of sp³-hybridized carbons (Fsp3) is 0.292. The van der Waals surface area contributed by atoms with Crippen LogP contribution in [-0.2, 0) is 26.0 Å². The van der Waals surface area contributed by atoms with Gasteiger partial charge >= 0.3 is 11.9 Å². The molecule has 36 heavy (non-hydrogen) atoms. The molecule has 11 nitrogen and oxygen atoms in total. The number of sulfonamides is 1. The first-order valence-electron chi connectivity index (χ1n) is 11.3. The summed E-state index contributed by atoms with van der Waals surface area (Å²) in [5.41, 5.74) is 8.16. The maximum Gasteiger partial charge on any atom is 0.321 e. The highest BCUT2D eigenvalue weighted by atomic mass is 32.2. The van der Waals surface area contributed by atoms with E-state index in [9.17, 15) is 23.1 Å². The zero-order valence-electron chi connectivity index (χ0n) is 20.0. The van der Waals surface area contributed by atoms with Crippen LogP contribution in [0.2, 0.25) is 0 Å². The van der Waals surface area contributed by atoms with Crippen LogP contribution < -0.4 is 20.9 Å². The number of likely N-dealkylation sites (N-methyl/N-ethyl adjacent to an activating group) is 1. The van der Waals surface area contributed by atoms with Crippen molar-refractivity contribution in [2.45, 2.75) is 37.4 Å². The van der Waals surface area contributed by atoms with Crippen LogP contribution >= 0.6 is 0 Å². The highest BCUT2D eigenvalue weighted by Crippen LogP contribution is 2.31. The molecule has 2 aromatic carbocycles. The van der Waals surface area contributed by atoms with Crippen LogP contribution in [0.4, 0.5) is 0 Å². The number of nitrogens with two attached hydrogens (primary N) is 2. The minimum Gasteiger partial charge on any atom is -0.480 e. The fourth-order valence-electron chi connectivity index (χ4n) is 4.35. The summed E-state index contributed by atoms with van der Waals surface area (Å²) in [6.07, 6.45) is 1.01. The fourth-order valence-corrected chi connectivity index (χ4v) is 4.91. The Bertz CT molecular complexity index is 1290. The van der Waals surface area contributed by atoms with E-state index in [0.29, 0.717) is 48.0 Å². The van der Waals surface area contributed by atoms with Crippen molar-refractivity contribution in [1.29, 1.82) is 0 Å². The van der Waals surface area contributed by atoms with Crippen molar-refractivity contribution in [3.8, 4) is 5.75 Å². The number of carbonyl (C=O) groups excluding carboxylic acids is 1. The molecular formula is C24H30N5O6S+. The van der Waals surface area contributed by atoms with E-state index in [1.54, 1.807) is 36.4 Å². The number of rotatable bonds is 11. The number of carbonyl (C=O) groups is 2. The standard InChI is InChI=1S/C24H29N5O6S/c1-3-29(4-2)22(28-21(23(31)32)12-16-8-10-18(11-9-16)35-15-30)20(14-27-24(29)25)17-6-5-7-19(13-17)36(26,33)34/h5-11,13-15,21-22,28H,3-4,12H2,1-2H3,(H4-,25,26,27,31,32,33,34)/p+1/t21-,22?/m0/s1. The summed E-state index contributed by atoms with van der Waals surface area (Å²) in [5, 5.41) is 18.7. The quantitative estimate of drug-likeness (QED) is 0.253. The Morgan fingerprint density at radius 3 is 2.44 bits per heavy atom. The molecule has 192 valence electrons. The summed E-state index contributed by atoms with van der Waals surface area (Å²) in [4.78, 5) is 27.2. The lowest BCUT2D eigenvalue weighted by Gasteiger charge is -2.45. The number of quaternary nitrogens is 1. The van der Waals surface area contributed by atoms with Gasteiger partial charge in [0.05, 0.1) is 23.6 Å². The van der Waals surface area contributed by atoms with Crippen molar-refractivity contribution in [3.63, 3.8) is 0 Å². The van der Waals surface area contributed by atoms with Crippen LogP contribution in [0.3, 0.4) is 0 Å². The van der Waals surface area contributed by atoms with Gasteiger partial charge in [0, 0.05) is 6.20 Å². The van der Waals surface area contributed by atoms with Crippen LogP contribution in [-0.4, -0.2) is 61.7 Å². The van der Waals surface area contributed by atoms with Gasteiger partial charge in [-0.2, -0.15) is 4.99 Å². The van der Waals surface area contributed by atoms with Gasteiger partial charge in [-0.25, -0.2) is 23.4 Å². The van der Waals surface area contributed by atoms with Crippen LogP contribution in [0.25, 0.3) is 5.57 Å². The summed E-state index contributed by atoms with van der Waals surface area (Å²) in [6.45, 7) is 5.16. The van der Waals surface area contributed by atoms with E-state index < -0.39 is 28.2 Å². The summed E-state index contributed by atoms with van der Waals surface area (Å²) in [6, 6.07) is 11.6. The van der Waals surface area contributed by atoms with Gasteiger partial charge in [-0.1, -0.05) is 24.3 Å². The number of carboxylic acids is 1. The van der Waals surface area contributed by atoms with E-state index in [0.717, 1.165) is 0 Å². The normalized spacial score (nSPS) is 18.0. The molecule has 6 N–H and O–H groups in total. The van der Waals surface area contributed by atoms with Gasteiger partial charge in [0.15, 0.2) is 6.17 Å². The average molecular weight is 517 g/mol. The Balaban J connectivity index is 2.03. The lowest BCUT2D eigenvalue weighted by molar-refractivity contribution is -0.860. The minimum atomic E-state index is -3.96. The van der Waals surface area contributed by atoms with Crippen molar-refractivity contribution in [2.24, 2.45) is 15.9 Å². The number of aliphatic carboxylic acids is 1. The number of carboxylic acid groups (broad SMARTS) is 1. The van der Waals surface area contributed by atoms with E-state index >= 15 is 0 Å². The molecule has 0 bridgehead atoms. The summed E-state index contributed by atoms with van der Waals surface area (Å²) in [7, 11) is -3.96. The molecule has 0 aromatic heterocycles.